The third-order valence-electron chi connectivity index (χ3n) is 7.61. The Labute approximate surface area is 225 Å². The Morgan fingerprint density at radius 3 is 1.62 bits per heavy atom. The Balaban J connectivity index is 1.14. The quantitative estimate of drug-likeness (QED) is 0.227. The van der Waals surface area contributed by atoms with E-state index in [0.717, 1.165) is 22.3 Å². The number of rotatable bonds is 4. The van der Waals surface area contributed by atoms with Gasteiger partial charge in [-0.3, -0.25) is 0 Å². The molecule has 8 aromatic rings. The zero-order valence-electron chi connectivity index (χ0n) is 21.0. The average Bonchev–Trinajstić information content (AvgIpc) is 3.51. The predicted molar refractivity (Wildman–Crippen MR) is 160 cm³/mol. The fourth-order valence-electron chi connectivity index (χ4n) is 5.69. The zero-order chi connectivity index (χ0) is 25.8. The Morgan fingerprint density at radius 2 is 0.923 bits per heavy atom. The van der Waals surface area contributed by atoms with Crippen LogP contribution in [0.2, 0.25) is 0 Å². The highest BCUT2D eigenvalue weighted by Gasteiger charge is 2.14. The summed E-state index contributed by atoms with van der Waals surface area (Å²) in [5.41, 5.74) is 6.52. The lowest BCUT2D eigenvalue weighted by Crippen LogP contribution is -1.88. The van der Waals surface area contributed by atoms with Crippen molar-refractivity contribution < 1.29 is 4.42 Å². The van der Waals surface area contributed by atoms with Gasteiger partial charge in [0.1, 0.15) is 0 Å². The van der Waals surface area contributed by atoms with E-state index in [1.165, 1.54) is 43.4 Å². The minimum atomic E-state index is 0.513. The van der Waals surface area contributed by atoms with Gasteiger partial charge in [0.05, 0.1) is 0 Å². The fraction of sp³-hybridized carbons (Fsp3) is 0. The molecule has 0 bridgehead atoms. The lowest BCUT2D eigenvalue weighted by Gasteiger charge is -2.15. The van der Waals surface area contributed by atoms with Crippen LogP contribution in [-0.2, 0) is 0 Å². The molecule has 0 unspecified atom stereocenters. The molecule has 0 saturated heterocycles. The van der Waals surface area contributed by atoms with Gasteiger partial charge in [0.25, 0.3) is 0 Å². The molecule has 0 atom stereocenters. The molecule has 8 rings (SSSR count). The second-order valence-corrected chi connectivity index (χ2v) is 9.91. The van der Waals surface area contributed by atoms with Gasteiger partial charge in [0.2, 0.25) is 11.8 Å². The van der Waals surface area contributed by atoms with Crippen molar-refractivity contribution in [2.45, 2.75) is 0 Å². The summed E-state index contributed by atoms with van der Waals surface area (Å²) in [5, 5.41) is 16.4. The van der Waals surface area contributed by atoms with E-state index in [4.69, 9.17) is 4.42 Å². The Hall–Kier alpha value is -5.28. The second kappa shape index (κ2) is 8.64. The van der Waals surface area contributed by atoms with Gasteiger partial charge in [-0.25, -0.2) is 0 Å². The normalized spacial score (nSPS) is 11.6. The number of nitrogens with zero attached hydrogens (tertiary/aromatic N) is 2. The number of aromatic nitrogens is 2. The molecular weight excluding hydrogens is 476 g/mol. The zero-order valence-corrected chi connectivity index (χ0v) is 21.0. The van der Waals surface area contributed by atoms with E-state index in [1.807, 2.05) is 30.3 Å². The number of hydrogen-bond acceptors (Lipinski definition) is 3. The third kappa shape index (κ3) is 3.59. The van der Waals surface area contributed by atoms with Crippen molar-refractivity contribution in [3.8, 4) is 45.2 Å². The average molecular weight is 499 g/mol. The van der Waals surface area contributed by atoms with Crippen LogP contribution in [0.25, 0.3) is 77.5 Å². The third-order valence-corrected chi connectivity index (χ3v) is 7.61. The summed E-state index contributed by atoms with van der Waals surface area (Å²) in [7, 11) is 0. The molecule has 0 spiro atoms. The molecule has 0 fully saturated rings. The molecule has 0 amide bonds. The van der Waals surface area contributed by atoms with Crippen molar-refractivity contribution in [2.24, 2.45) is 0 Å². The molecule has 1 heterocycles. The van der Waals surface area contributed by atoms with Crippen LogP contribution in [-0.4, -0.2) is 10.2 Å². The van der Waals surface area contributed by atoms with Crippen LogP contribution in [0.1, 0.15) is 0 Å². The van der Waals surface area contributed by atoms with Crippen LogP contribution >= 0.6 is 0 Å². The lowest BCUT2D eigenvalue weighted by molar-refractivity contribution is 0.584. The summed E-state index contributed by atoms with van der Waals surface area (Å²) in [6.45, 7) is 0. The molecule has 3 nitrogen and oxygen atoms in total. The van der Waals surface area contributed by atoms with Gasteiger partial charge in [-0.2, -0.15) is 0 Å². The van der Waals surface area contributed by atoms with Crippen molar-refractivity contribution >= 4 is 32.3 Å². The summed E-state index contributed by atoms with van der Waals surface area (Å²) < 4.78 is 6.08. The molecule has 0 aliphatic rings. The van der Waals surface area contributed by atoms with Crippen molar-refractivity contribution in [2.75, 3.05) is 0 Å². The second-order valence-electron chi connectivity index (χ2n) is 9.91. The molecule has 7 aromatic carbocycles. The van der Waals surface area contributed by atoms with Crippen LogP contribution in [0, 0.1) is 0 Å². The van der Waals surface area contributed by atoms with Crippen molar-refractivity contribution in [1.82, 2.24) is 10.2 Å². The van der Waals surface area contributed by atoms with Gasteiger partial charge in [-0.05, 0) is 84.9 Å². The van der Waals surface area contributed by atoms with Gasteiger partial charge >= 0.3 is 0 Å². The summed E-state index contributed by atoms with van der Waals surface area (Å²) in [5.74, 6) is 1.03. The van der Waals surface area contributed by atoms with Gasteiger partial charge < -0.3 is 4.42 Å². The maximum absolute atomic E-state index is 6.08. The minimum Gasteiger partial charge on any atom is -0.416 e. The first-order valence-electron chi connectivity index (χ1n) is 13.1. The Bertz CT molecular complexity index is 2090. The SMILES string of the molecule is c1ccc(-c2ccc(-c3nnc(-c4ccc(-c5cc6cccc7ccc8cccc5c8c76)cc4)o3)cc2)cc1. The van der Waals surface area contributed by atoms with Gasteiger partial charge in [-0.1, -0.05) is 103 Å². The lowest BCUT2D eigenvalue weighted by atomic mass is 9.89. The first-order valence-corrected chi connectivity index (χ1v) is 13.1. The fourth-order valence-corrected chi connectivity index (χ4v) is 5.69. The number of hydrogen-bond donors (Lipinski definition) is 0. The number of benzene rings is 7. The van der Waals surface area contributed by atoms with E-state index in [-0.39, 0.29) is 0 Å². The first-order chi connectivity index (χ1) is 19.3. The predicted octanol–water partition coefficient (Wildman–Crippen LogP) is 9.63. The van der Waals surface area contributed by atoms with Crippen LogP contribution in [0.5, 0.6) is 0 Å². The maximum Gasteiger partial charge on any atom is 0.248 e. The van der Waals surface area contributed by atoms with Crippen LogP contribution in [0.3, 0.4) is 0 Å². The molecule has 1 aromatic heterocycles. The molecule has 0 aliphatic heterocycles. The van der Waals surface area contributed by atoms with Gasteiger partial charge in [0, 0.05) is 11.1 Å². The van der Waals surface area contributed by atoms with Gasteiger partial charge in [0.15, 0.2) is 0 Å². The molecular formula is C36H22N2O. The molecule has 39 heavy (non-hydrogen) atoms. The first kappa shape index (κ1) is 21.8. The Kier molecular flexibility index (Phi) is 4.82. The maximum atomic E-state index is 6.08. The van der Waals surface area contributed by atoms with Crippen LogP contribution in [0.4, 0.5) is 0 Å². The van der Waals surface area contributed by atoms with Crippen molar-refractivity contribution in [1.29, 1.82) is 0 Å². The monoisotopic (exact) mass is 498 g/mol. The van der Waals surface area contributed by atoms with E-state index in [2.05, 4.69) is 113 Å². The molecule has 0 N–H and O–H groups in total. The van der Waals surface area contributed by atoms with E-state index in [1.54, 1.807) is 0 Å². The van der Waals surface area contributed by atoms with E-state index < -0.39 is 0 Å². The van der Waals surface area contributed by atoms with E-state index >= 15 is 0 Å². The standard InChI is InChI=1S/C36H22N2O/c1-2-6-23(7-3-1)24-12-18-28(19-13-24)35-37-38-36(39-35)29-20-14-25(15-21-29)32-22-30-10-4-8-26-16-17-27-9-5-11-31(32)34(27)33(26)30/h1-22H. The van der Waals surface area contributed by atoms with Crippen molar-refractivity contribution in [3.05, 3.63) is 133 Å². The highest BCUT2D eigenvalue weighted by atomic mass is 16.4. The minimum absolute atomic E-state index is 0.513. The molecule has 0 aliphatic carbocycles. The summed E-state index contributed by atoms with van der Waals surface area (Å²) in [6, 6.07) is 46.8. The summed E-state index contributed by atoms with van der Waals surface area (Å²) >= 11 is 0. The highest BCUT2D eigenvalue weighted by molar-refractivity contribution is 6.26. The van der Waals surface area contributed by atoms with Gasteiger partial charge in [-0.15, -0.1) is 10.2 Å². The van der Waals surface area contributed by atoms with Crippen LogP contribution < -0.4 is 0 Å². The topological polar surface area (TPSA) is 38.9 Å². The molecule has 0 saturated carbocycles. The molecule has 182 valence electrons. The Morgan fingerprint density at radius 1 is 0.385 bits per heavy atom. The summed E-state index contributed by atoms with van der Waals surface area (Å²) in [6.07, 6.45) is 0. The van der Waals surface area contributed by atoms with Crippen LogP contribution in [0.15, 0.2) is 138 Å². The largest absolute Gasteiger partial charge is 0.416 e. The highest BCUT2D eigenvalue weighted by Crippen LogP contribution is 2.40. The molecule has 0 radical (unpaired) electrons. The summed E-state index contributed by atoms with van der Waals surface area (Å²) in [4.78, 5) is 0. The smallest absolute Gasteiger partial charge is 0.248 e. The molecule has 3 heteroatoms. The van der Waals surface area contributed by atoms with E-state index in [0.29, 0.717) is 11.8 Å². The van der Waals surface area contributed by atoms with Crippen molar-refractivity contribution in [3.63, 3.8) is 0 Å². The van der Waals surface area contributed by atoms with E-state index in [9.17, 15) is 0 Å².